The van der Waals surface area contributed by atoms with Crippen molar-refractivity contribution < 1.29 is 0 Å². The van der Waals surface area contributed by atoms with E-state index in [1.54, 1.807) is 0 Å². The highest BCUT2D eigenvalue weighted by Crippen LogP contribution is 2.35. The highest BCUT2D eigenvalue weighted by molar-refractivity contribution is 5.98. The molecule has 2 N–H and O–H groups in total. The molecular weight excluding hydrogens is 234 g/mol. The number of nitrogens with two attached hydrogens (primary N) is 1. The first-order valence-corrected chi connectivity index (χ1v) is 6.95. The second-order valence-corrected chi connectivity index (χ2v) is 6.26. The Hall–Kier alpha value is -1.77. The molecule has 19 heavy (non-hydrogen) atoms. The van der Waals surface area contributed by atoms with E-state index in [4.69, 9.17) is 5.73 Å². The zero-order valence-corrected chi connectivity index (χ0v) is 11.7. The van der Waals surface area contributed by atoms with Crippen LogP contribution < -0.4 is 10.6 Å². The Bertz CT molecular complexity index is 604. The Labute approximate surface area is 114 Å². The van der Waals surface area contributed by atoms with Gasteiger partial charge in [-0.1, -0.05) is 26.0 Å². The van der Waals surface area contributed by atoms with E-state index >= 15 is 0 Å². The zero-order chi connectivity index (χ0) is 13.5. The molecular formula is C16H21N3. The van der Waals surface area contributed by atoms with E-state index in [1.165, 1.54) is 23.9 Å². The Balaban J connectivity index is 2.08. The van der Waals surface area contributed by atoms with Crippen LogP contribution in [-0.2, 0) is 0 Å². The smallest absolute Gasteiger partial charge is 0.0951 e. The largest absolute Gasteiger partial charge is 0.397 e. The molecule has 3 rings (SSSR count). The number of rotatable bonds is 1. The first kappa shape index (κ1) is 12.3. The van der Waals surface area contributed by atoms with Gasteiger partial charge in [0.15, 0.2) is 0 Å². The molecule has 1 aliphatic rings. The fourth-order valence-corrected chi connectivity index (χ4v) is 3.09. The van der Waals surface area contributed by atoms with Crippen LogP contribution in [0.1, 0.15) is 26.7 Å². The van der Waals surface area contributed by atoms with Gasteiger partial charge in [-0.2, -0.15) is 0 Å². The number of para-hydroxylation sites is 1. The molecule has 0 spiro atoms. The molecule has 1 aromatic carbocycles. The van der Waals surface area contributed by atoms with E-state index in [1.807, 2.05) is 18.3 Å². The number of piperidine rings is 1. The normalized spacial score (nSPS) is 18.7. The molecule has 0 amide bonds. The third kappa shape index (κ3) is 2.25. The second kappa shape index (κ2) is 4.41. The number of hydrogen-bond acceptors (Lipinski definition) is 3. The Morgan fingerprint density at radius 1 is 1.26 bits per heavy atom. The highest BCUT2D eigenvalue weighted by atomic mass is 15.1. The van der Waals surface area contributed by atoms with Crippen LogP contribution in [0.5, 0.6) is 0 Å². The summed E-state index contributed by atoms with van der Waals surface area (Å²) < 4.78 is 0. The van der Waals surface area contributed by atoms with Gasteiger partial charge in [-0.05, 0) is 30.4 Å². The minimum absolute atomic E-state index is 0.383. The van der Waals surface area contributed by atoms with Crippen molar-refractivity contribution in [2.45, 2.75) is 26.7 Å². The van der Waals surface area contributed by atoms with Crippen molar-refractivity contribution in [1.29, 1.82) is 0 Å². The first-order chi connectivity index (χ1) is 9.07. The highest BCUT2D eigenvalue weighted by Gasteiger charge is 2.27. The van der Waals surface area contributed by atoms with E-state index in [-0.39, 0.29) is 0 Å². The van der Waals surface area contributed by atoms with Gasteiger partial charge in [-0.3, -0.25) is 4.98 Å². The standard InChI is InChI=1S/C16H21N3/c1-16(2)8-4-10-19(11-16)14-7-9-18-15-12(14)5-3-6-13(15)17/h3,5-7,9H,4,8,10-11,17H2,1-2H3. The molecule has 0 radical (unpaired) electrons. The molecule has 2 aromatic rings. The summed E-state index contributed by atoms with van der Waals surface area (Å²) in [6, 6.07) is 8.16. The van der Waals surface area contributed by atoms with Gasteiger partial charge in [0.05, 0.1) is 11.2 Å². The third-order valence-electron chi connectivity index (χ3n) is 4.02. The number of fused-ring (bicyclic) bond motifs is 1. The number of nitrogens with zero attached hydrogens (tertiary/aromatic N) is 2. The van der Waals surface area contributed by atoms with Gasteiger partial charge in [-0.15, -0.1) is 0 Å². The SMILES string of the molecule is CC1(C)CCCN(c2ccnc3c(N)cccc23)C1. The molecule has 100 valence electrons. The second-order valence-electron chi connectivity index (χ2n) is 6.26. The summed E-state index contributed by atoms with van der Waals surface area (Å²) in [5, 5.41) is 1.17. The van der Waals surface area contributed by atoms with Crippen LogP contribution in [-0.4, -0.2) is 18.1 Å². The van der Waals surface area contributed by atoms with Crippen molar-refractivity contribution in [1.82, 2.24) is 4.98 Å². The predicted molar refractivity (Wildman–Crippen MR) is 81.4 cm³/mol. The average molecular weight is 255 g/mol. The van der Waals surface area contributed by atoms with Crippen LogP contribution in [0.3, 0.4) is 0 Å². The van der Waals surface area contributed by atoms with Gasteiger partial charge < -0.3 is 10.6 Å². The molecule has 0 unspecified atom stereocenters. The van der Waals surface area contributed by atoms with Gasteiger partial charge in [0.25, 0.3) is 0 Å². The number of aromatic nitrogens is 1. The molecule has 3 nitrogen and oxygen atoms in total. The van der Waals surface area contributed by atoms with E-state index in [2.05, 4.69) is 35.9 Å². The fourth-order valence-electron chi connectivity index (χ4n) is 3.09. The van der Waals surface area contributed by atoms with Crippen LogP contribution >= 0.6 is 0 Å². The molecule has 1 aromatic heterocycles. The lowest BCUT2D eigenvalue weighted by molar-refractivity contribution is 0.293. The number of pyridine rings is 1. The fraction of sp³-hybridized carbons (Fsp3) is 0.438. The molecule has 0 saturated carbocycles. The number of nitrogen functional groups attached to an aromatic ring is 1. The quantitative estimate of drug-likeness (QED) is 0.794. The maximum Gasteiger partial charge on any atom is 0.0951 e. The molecule has 3 heteroatoms. The molecule has 1 fully saturated rings. The zero-order valence-electron chi connectivity index (χ0n) is 11.7. The summed E-state index contributed by atoms with van der Waals surface area (Å²) in [5.74, 6) is 0. The van der Waals surface area contributed by atoms with Gasteiger partial charge in [0, 0.05) is 30.4 Å². The molecule has 0 atom stereocenters. The van der Waals surface area contributed by atoms with Crippen LogP contribution in [0, 0.1) is 5.41 Å². The van der Waals surface area contributed by atoms with E-state index in [9.17, 15) is 0 Å². The monoisotopic (exact) mass is 255 g/mol. The van der Waals surface area contributed by atoms with E-state index in [0.717, 1.165) is 24.3 Å². The third-order valence-corrected chi connectivity index (χ3v) is 4.02. The van der Waals surface area contributed by atoms with Crippen LogP contribution in [0.25, 0.3) is 10.9 Å². The van der Waals surface area contributed by atoms with Crippen molar-refractivity contribution in [3.05, 3.63) is 30.5 Å². The minimum atomic E-state index is 0.383. The van der Waals surface area contributed by atoms with Crippen molar-refractivity contribution in [2.75, 3.05) is 23.7 Å². The number of benzene rings is 1. The van der Waals surface area contributed by atoms with Gasteiger partial charge >= 0.3 is 0 Å². The lowest BCUT2D eigenvalue weighted by Gasteiger charge is -2.39. The summed E-state index contributed by atoms with van der Waals surface area (Å²) in [4.78, 5) is 6.90. The minimum Gasteiger partial charge on any atom is -0.397 e. The summed E-state index contributed by atoms with van der Waals surface area (Å²) >= 11 is 0. The molecule has 0 aliphatic carbocycles. The molecule has 1 aliphatic heterocycles. The van der Waals surface area contributed by atoms with Crippen LogP contribution in [0.2, 0.25) is 0 Å². The van der Waals surface area contributed by atoms with Crippen molar-refractivity contribution >= 4 is 22.3 Å². The Morgan fingerprint density at radius 2 is 2.11 bits per heavy atom. The maximum absolute atomic E-state index is 6.03. The van der Waals surface area contributed by atoms with Gasteiger partial charge in [0.2, 0.25) is 0 Å². The van der Waals surface area contributed by atoms with Crippen molar-refractivity contribution in [2.24, 2.45) is 5.41 Å². The van der Waals surface area contributed by atoms with Gasteiger partial charge in [0.1, 0.15) is 0 Å². The molecule has 2 heterocycles. The van der Waals surface area contributed by atoms with E-state index < -0.39 is 0 Å². The van der Waals surface area contributed by atoms with Crippen molar-refractivity contribution in [3.8, 4) is 0 Å². The topological polar surface area (TPSA) is 42.2 Å². The Kier molecular flexibility index (Phi) is 2.85. The van der Waals surface area contributed by atoms with E-state index in [0.29, 0.717) is 5.41 Å². The van der Waals surface area contributed by atoms with Crippen molar-refractivity contribution in [3.63, 3.8) is 0 Å². The molecule has 1 saturated heterocycles. The van der Waals surface area contributed by atoms with Crippen LogP contribution in [0.15, 0.2) is 30.5 Å². The van der Waals surface area contributed by atoms with Gasteiger partial charge in [-0.25, -0.2) is 0 Å². The summed E-state index contributed by atoms with van der Waals surface area (Å²) in [7, 11) is 0. The lowest BCUT2D eigenvalue weighted by Crippen LogP contribution is -2.40. The Morgan fingerprint density at radius 3 is 2.89 bits per heavy atom. The molecule has 0 bridgehead atoms. The first-order valence-electron chi connectivity index (χ1n) is 6.95. The summed E-state index contributed by atoms with van der Waals surface area (Å²) in [6.07, 6.45) is 4.42. The summed E-state index contributed by atoms with van der Waals surface area (Å²) in [5.41, 5.74) is 9.36. The van der Waals surface area contributed by atoms with Crippen LogP contribution in [0.4, 0.5) is 11.4 Å². The predicted octanol–water partition coefficient (Wildman–Crippen LogP) is 3.44. The number of hydrogen-bond donors (Lipinski definition) is 1. The maximum atomic E-state index is 6.03. The lowest BCUT2D eigenvalue weighted by atomic mass is 9.84. The number of anilines is 2. The summed E-state index contributed by atoms with van der Waals surface area (Å²) in [6.45, 7) is 6.91. The average Bonchev–Trinajstić information content (AvgIpc) is 2.37.